The Morgan fingerprint density at radius 2 is 1.70 bits per heavy atom. The van der Waals surface area contributed by atoms with Gasteiger partial charge in [0.2, 0.25) is 0 Å². The van der Waals surface area contributed by atoms with Gasteiger partial charge in [-0.1, -0.05) is 0 Å². The molecule has 0 saturated carbocycles. The lowest BCUT2D eigenvalue weighted by atomic mass is 9.79. The first-order chi connectivity index (χ1) is 10.8. The number of aliphatic hydroxyl groups is 1. The van der Waals surface area contributed by atoms with Crippen LogP contribution in [0.5, 0.6) is 17.2 Å². The van der Waals surface area contributed by atoms with E-state index in [0.717, 1.165) is 0 Å². The first-order valence-electron chi connectivity index (χ1n) is 6.96. The second kappa shape index (κ2) is 5.07. The van der Waals surface area contributed by atoms with Gasteiger partial charge in [-0.05, 0) is 6.92 Å². The summed E-state index contributed by atoms with van der Waals surface area (Å²) in [5.41, 5.74) is 0.142. The van der Waals surface area contributed by atoms with Crippen molar-refractivity contribution < 1.29 is 34.0 Å². The highest BCUT2D eigenvalue weighted by Crippen LogP contribution is 2.45. The molecule has 0 fully saturated rings. The molecule has 1 aliphatic heterocycles. The summed E-state index contributed by atoms with van der Waals surface area (Å²) in [7, 11) is 2.69. The zero-order valence-electron chi connectivity index (χ0n) is 12.9. The number of fused-ring (bicyclic) bond motifs is 1. The molecule has 0 bridgehead atoms. The minimum atomic E-state index is -1.54. The van der Waals surface area contributed by atoms with Gasteiger partial charge in [0.05, 0.1) is 32.0 Å². The van der Waals surface area contributed by atoms with Crippen LogP contribution >= 0.6 is 0 Å². The van der Waals surface area contributed by atoms with E-state index in [9.17, 15) is 19.8 Å². The molecule has 7 heteroatoms. The molecule has 0 aromatic heterocycles. The Hall–Kier alpha value is -2.38. The number of hydrogen-bond acceptors (Lipinski definition) is 7. The van der Waals surface area contributed by atoms with Crippen molar-refractivity contribution in [1.82, 2.24) is 0 Å². The number of ketones is 2. The van der Waals surface area contributed by atoms with Crippen molar-refractivity contribution >= 4 is 11.6 Å². The summed E-state index contributed by atoms with van der Waals surface area (Å²) < 4.78 is 15.4. The highest BCUT2D eigenvalue weighted by Gasteiger charge is 2.43. The Kier molecular flexibility index (Phi) is 3.42. The topological polar surface area (TPSA) is 102 Å². The van der Waals surface area contributed by atoms with Gasteiger partial charge in [-0.25, -0.2) is 0 Å². The first-order valence-corrected chi connectivity index (χ1v) is 6.96. The van der Waals surface area contributed by atoms with E-state index in [1.165, 1.54) is 27.2 Å². The third-order valence-corrected chi connectivity index (χ3v) is 4.07. The summed E-state index contributed by atoms with van der Waals surface area (Å²) in [6.45, 7) is 1.23. The van der Waals surface area contributed by atoms with Crippen LogP contribution in [-0.4, -0.2) is 48.4 Å². The first kappa shape index (κ1) is 15.5. The number of Topliss-reactive ketones (excluding diaryl/α,β-unsaturated/α-hetero) is 2. The zero-order chi connectivity index (χ0) is 16.9. The fraction of sp³-hybridized carbons (Fsp3) is 0.375. The van der Waals surface area contributed by atoms with E-state index in [0.29, 0.717) is 0 Å². The van der Waals surface area contributed by atoms with Gasteiger partial charge in [0, 0.05) is 23.6 Å². The van der Waals surface area contributed by atoms with Crippen molar-refractivity contribution in [3.8, 4) is 17.2 Å². The van der Waals surface area contributed by atoms with Crippen LogP contribution in [0, 0.1) is 0 Å². The van der Waals surface area contributed by atoms with E-state index in [4.69, 9.17) is 14.2 Å². The highest BCUT2D eigenvalue weighted by molar-refractivity contribution is 6.29. The number of rotatable bonds is 2. The van der Waals surface area contributed by atoms with E-state index in [2.05, 4.69) is 0 Å². The fourth-order valence-corrected chi connectivity index (χ4v) is 2.91. The fourth-order valence-electron chi connectivity index (χ4n) is 2.91. The molecule has 122 valence electrons. The molecule has 0 amide bonds. The molecular formula is C16H16O7. The van der Waals surface area contributed by atoms with Gasteiger partial charge in [0.25, 0.3) is 0 Å². The summed E-state index contributed by atoms with van der Waals surface area (Å²) in [6, 6.07) is 1.35. The average Bonchev–Trinajstić information content (AvgIpc) is 2.51. The average molecular weight is 320 g/mol. The van der Waals surface area contributed by atoms with Gasteiger partial charge in [-0.2, -0.15) is 0 Å². The summed E-state index contributed by atoms with van der Waals surface area (Å²) in [5, 5.41) is 20.3. The Morgan fingerprint density at radius 1 is 1.09 bits per heavy atom. The standard InChI is InChI=1S/C16H16O7/c1-16(20)5-7-8(6-23-16)14(18)11-9(21-2)4-10(22-3)15(19)12(11)13(7)17/h4,19-20H,5-6H2,1-3H3. The number of carbonyl (C=O) groups excluding carboxylic acids is 2. The van der Waals surface area contributed by atoms with Gasteiger partial charge >= 0.3 is 0 Å². The van der Waals surface area contributed by atoms with Crippen LogP contribution in [0.1, 0.15) is 34.1 Å². The van der Waals surface area contributed by atoms with Crippen LogP contribution in [0.4, 0.5) is 0 Å². The van der Waals surface area contributed by atoms with Crippen LogP contribution in [0.15, 0.2) is 17.2 Å². The van der Waals surface area contributed by atoms with E-state index in [-0.39, 0.29) is 46.8 Å². The third-order valence-electron chi connectivity index (χ3n) is 4.07. The van der Waals surface area contributed by atoms with Crippen molar-refractivity contribution in [2.24, 2.45) is 0 Å². The maximum atomic E-state index is 12.8. The normalized spacial score (nSPS) is 23.5. The van der Waals surface area contributed by atoms with Gasteiger partial charge < -0.3 is 24.4 Å². The molecule has 0 saturated heterocycles. The molecule has 0 radical (unpaired) electrons. The smallest absolute Gasteiger partial charge is 0.196 e. The molecule has 23 heavy (non-hydrogen) atoms. The van der Waals surface area contributed by atoms with Gasteiger partial charge in [0.1, 0.15) is 5.75 Å². The lowest BCUT2D eigenvalue weighted by Crippen LogP contribution is -2.39. The van der Waals surface area contributed by atoms with Crippen molar-refractivity contribution in [1.29, 1.82) is 0 Å². The van der Waals surface area contributed by atoms with Crippen LogP contribution in [-0.2, 0) is 4.74 Å². The summed E-state index contributed by atoms with van der Waals surface area (Å²) >= 11 is 0. The third kappa shape index (κ3) is 2.20. The maximum absolute atomic E-state index is 12.8. The number of methoxy groups -OCH3 is 2. The number of phenols is 1. The van der Waals surface area contributed by atoms with Crippen molar-refractivity contribution in [2.45, 2.75) is 19.1 Å². The van der Waals surface area contributed by atoms with E-state index >= 15 is 0 Å². The van der Waals surface area contributed by atoms with Crippen LogP contribution in [0.3, 0.4) is 0 Å². The minimum Gasteiger partial charge on any atom is -0.504 e. The molecule has 2 N–H and O–H groups in total. The summed E-state index contributed by atoms with van der Waals surface area (Å²) in [5.74, 6) is -2.78. The zero-order valence-corrected chi connectivity index (χ0v) is 12.9. The molecule has 1 atom stereocenters. The second-order valence-corrected chi connectivity index (χ2v) is 5.64. The minimum absolute atomic E-state index is 0.0142. The number of ether oxygens (including phenoxy) is 3. The van der Waals surface area contributed by atoms with Gasteiger partial charge in [-0.15, -0.1) is 0 Å². The van der Waals surface area contributed by atoms with Crippen LogP contribution < -0.4 is 9.47 Å². The van der Waals surface area contributed by atoms with Crippen molar-refractivity contribution in [3.05, 3.63) is 28.3 Å². The maximum Gasteiger partial charge on any atom is 0.196 e. The number of hydrogen-bond donors (Lipinski definition) is 2. The molecule has 0 spiro atoms. The molecule has 7 nitrogen and oxygen atoms in total. The molecule has 1 aromatic carbocycles. The Morgan fingerprint density at radius 3 is 2.30 bits per heavy atom. The molecule has 3 rings (SSSR count). The van der Waals surface area contributed by atoms with E-state index in [1.807, 2.05) is 0 Å². The molecule has 1 aliphatic carbocycles. The van der Waals surface area contributed by atoms with Crippen molar-refractivity contribution in [3.63, 3.8) is 0 Å². The predicted molar refractivity (Wildman–Crippen MR) is 78.1 cm³/mol. The van der Waals surface area contributed by atoms with E-state index in [1.54, 1.807) is 0 Å². The monoisotopic (exact) mass is 320 g/mol. The number of aromatic hydroxyl groups is 1. The predicted octanol–water partition coefficient (Wildman–Crippen LogP) is 1.21. The van der Waals surface area contributed by atoms with Gasteiger partial charge in [-0.3, -0.25) is 9.59 Å². The van der Waals surface area contributed by atoms with Crippen molar-refractivity contribution in [2.75, 3.05) is 20.8 Å². The highest BCUT2D eigenvalue weighted by atomic mass is 16.6. The molecule has 1 unspecified atom stereocenters. The Balaban J connectivity index is 2.27. The lowest BCUT2D eigenvalue weighted by molar-refractivity contribution is -0.187. The largest absolute Gasteiger partial charge is 0.504 e. The number of benzene rings is 1. The SMILES string of the molecule is COc1cc(OC)c2c(c1O)C(=O)C1=C(COC(C)(O)C1)C2=O. The van der Waals surface area contributed by atoms with Crippen LogP contribution in [0.25, 0.3) is 0 Å². The molecule has 1 heterocycles. The summed E-state index contributed by atoms with van der Waals surface area (Å²) in [6.07, 6.45) is -0.134. The number of phenolic OH excluding ortho intramolecular Hbond substituents is 1. The lowest BCUT2D eigenvalue weighted by Gasteiger charge is -2.34. The van der Waals surface area contributed by atoms with Crippen LogP contribution in [0.2, 0.25) is 0 Å². The van der Waals surface area contributed by atoms with E-state index < -0.39 is 23.1 Å². The Bertz CT molecular complexity index is 758. The van der Waals surface area contributed by atoms with Gasteiger partial charge in [0.15, 0.2) is 28.9 Å². The summed E-state index contributed by atoms with van der Waals surface area (Å²) in [4.78, 5) is 25.5. The second-order valence-electron chi connectivity index (χ2n) is 5.64. The Labute approximate surface area is 132 Å². The number of carbonyl (C=O) groups is 2. The molecule has 1 aromatic rings. The molecular weight excluding hydrogens is 304 g/mol. The molecule has 2 aliphatic rings. The quantitative estimate of drug-likeness (QED) is 0.844.